The lowest BCUT2D eigenvalue weighted by Gasteiger charge is -2.26. The Hall–Kier alpha value is -1.93. The van der Waals surface area contributed by atoms with Gasteiger partial charge in [-0.25, -0.2) is 0 Å². The highest BCUT2D eigenvalue weighted by molar-refractivity contribution is 6.02. The third-order valence-corrected chi connectivity index (χ3v) is 5.21. The van der Waals surface area contributed by atoms with Gasteiger partial charge in [-0.05, 0) is 43.1 Å². The predicted octanol–water partition coefficient (Wildman–Crippen LogP) is 2.31. The number of carbonyl (C=O) groups excluding carboxylic acids is 1. The van der Waals surface area contributed by atoms with Crippen molar-refractivity contribution in [2.75, 3.05) is 44.7 Å². The Labute approximate surface area is 171 Å². The Balaban J connectivity index is 0.00000225. The van der Waals surface area contributed by atoms with Gasteiger partial charge in [-0.1, -0.05) is 12.1 Å². The van der Waals surface area contributed by atoms with Gasteiger partial charge in [-0.15, -0.1) is 12.4 Å². The number of hydrogen-bond acceptors (Lipinski definition) is 5. The standard InChI is InChI=1S/C20H27N5O2.ClH/c26-20(19-7-9-25(23-19)18-2-1-8-21-14-18)22-17-5-3-16(4-6-17)15-24-10-12-27-13-11-24;/h3-7,9,18,21H,1-2,8,10-15H2,(H,22,26);1H. The van der Waals surface area contributed by atoms with E-state index in [0.717, 1.165) is 64.5 Å². The molecule has 3 heterocycles. The monoisotopic (exact) mass is 405 g/mol. The number of morpholine rings is 1. The van der Waals surface area contributed by atoms with Gasteiger partial charge in [-0.2, -0.15) is 5.10 Å². The molecule has 1 atom stereocenters. The van der Waals surface area contributed by atoms with Gasteiger partial charge in [0.15, 0.2) is 5.69 Å². The van der Waals surface area contributed by atoms with Crippen LogP contribution in [0.15, 0.2) is 36.5 Å². The van der Waals surface area contributed by atoms with E-state index in [9.17, 15) is 4.79 Å². The van der Waals surface area contributed by atoms with Crippen molar-refractivity contribution in [3.8, 4) is 0 Å². The number of halogens is 1. The molecule has 2 aliphatic rings. The molecular weight excluding hydrogens is 378 g/mol. The third kappa shape index (κ3) is 5.32. The topological polar surface area (TPSA) is 71.4 Å². The van der Waals surface area contributed by atoms with E-state index in [4.69, 9.17) is 4.74 Å². The predicted molar refractivity (Wildman–Crippen MR) is 111 cm³/mol. The molecule has 0 aliphatic carbocycles. The van der Waals surface area contributed by atoms with Gasteiger partial charge in [0.1, 0.15) is 0 Å². The number of piperidine rings is 1. The second-order valence-corrected chi connectivity index (χ2v) is 7.22. The quantitative estimate of drug-likeness (QED) is 0.798. The lowest BCUT2D eigenvalue weighted by Crippen LogP contribution is -2.35. The molecule has 1 aromatic heterocycles. The number of hydrogen-bond donors (Lipinski definition) is 2. The number of amides is 1. The number of rotatable bonds is 5. The molecule has 2 N–H and O–H groups in total. The average molecular weight is 406 g/mol. The first-order valence-corrected chi connectivity index (χ1v) is 9.74. The van der Waals surface area contributed by atoms with Crippen molar-refractivity contribution >= 4 is 24.0 Å². The highest BCUT2D eigenvalue weighted by Gasteiger charge is 2.18. The Morgan fingerprint density at radius 3 is 2.71 bits per heavy atom. The maximum Gasteiger partial charge on any atom is 0.276 e. The maximum atomic E-state index is 12.5. The smallest absolute Gasteiger partial charge is 0.276 e. The van der Waals surface area contributed by atoms with E-state index in [1.165, 1.54) is 5.56 Å². The molecule has 7 nitrogen and oxygen atoms in total. The van der Waals surface area contributed by atoms with E-state index in [2.05, 4.69) is 32.8 Å². The minimum Gasteiger partial charge on any atom is -0.379 e. The minimum atomic E-state index is -0.168. The molecule has 1 amide bonds. The van der Waals surface area contributed by atoms with Crippen LogP contribution in [-0.4, -0.2) is 60.0 Å². The molecule has 2 aliphatic heterocycles. The Morgan fingerprint density at radius 1 is 1.21 bits per heavy atom. The summed E-state index contributed by atoms with van der Waals surface area (Å²) in [5.41, 5.74) is 2.49. The van der Waals surface area contributed by atoms with Crippen LogP contribution in [0.25, 0.3) is 0 Å². The van der Waals surface area contributed by atoms with Crippen molar-refractivity contribution in [2.24, 2.45) is 0 Å². The summed E-state index contributed by atoms with van der Waals surface area (Å²) < 4.78 is 7.29. The van der Waals surface area contributed by atoms with E-state index in [0.29, 0.717) is 11.7 Å². The van der Waals surface area contributed by atoms with E-state index in [1.807, 2.05) is 23.0 Å². The number of nitrogens with zero attached hydrogens (tertiary/aromatic N) is 3. The molecular formula is C20H28ClN5O2. The fourth-order valence-electron chi connectivity index (χ4n) is 3.63. The fraction of sp³-hybridized carbons (Fsp3) is 0.500. The number of anilines is 1. The van der Waals surface area contributed by atoms with E-state index in [1.54, 1.807) is 6.07 Å². The van der Waals surface area contributed by atoms with Crippen LogP contribution in [0.2, 0.25) is 0 Å². The minimum absolute atomic E-state index is 0. The van der Waals surface area contributed by atoms with Gasteiger partial charge in [0.25, 0.3) is 5.91 Å². The van der Waals surface area contributed by atoms with Crippen molar-refractivity contribution < 1.29 is 9.53 Å². The Morgan fingerprint density at radius 2 is 2.00 bits per heavy atom. The molecule has 2 saturated heterocycles. The molecule has 0 spiro atoms. The molecule has 1 unspecified atom stereocenters. The van der Waals surface area contributed by atoms with Crippen LogP contribution in [0.4, 0.5) is 5.69 Å². The second kappa shape index (κ2) is 10.0. The van der Waals surface area contributed by atoms with E-state index >= 15 is 0 Å². The van der Waals surface area contributed by atoms with Crippen LogP contribution in [0.5, 0.6) is 0 Å². The van der Waals surface area contributed by atoms with Crippen molar-refractivity contribution in [1.29, 1.82) is 0 Å². The summed E-state index contributed by atoms with van der Waals surface area (Å²) in [4.78, 5) is 14.9. The number of aromatic nitrogens is 2. The largest absolute Gasteiger partial charge is 0.379 e. The number of carbonyl (C=O) groups is 1. The summed E-state index contributed by atoms with van der Waals surface area (Å²) in [5, 5.41) is 10.8. The number of nitrogens with one attached hydrogen (secondary N) is 2. The molecule has 28 heavy (non-hydrogen) atoms. The molecule has 2 aromatic rings. The first kappa shape index (κ1) is 20.8. The molecule has 0 radical (unpaired) electrons. The lowest BCUT2D eigenvalue weighted by atomic mass is 10.1. The van der Waals surface area contributed by atoms with Gasteiger partial charge < -0.3 is 15.4 Å². The van der Waals surface area contributed by atoms with Crippen molar-refractivity contribution in [3.63, 3.8) is 0 Å². The van der Waals surface area contributed by atoms with Crippen LogP contribution in [-0.2, 0) is 11.3 Å². The average Bonchev–Trinajstić information content (AvgIpc) is 3.21. The highest BCUT2D eigenvalue weighted by atomic mass is 35.5. The van der Waals surface area contributed by atoms with Crippen LogP contribution >= 0.6 is 12.4 Å². The molecule has 1 aromatic carbocycles. The Kier molecular flexibility index (Phi) is 7.44. The van der Waals surface area contributed by atoms with Crippen molar-refractivity contribution in [1.82, 2.24) is 20.0 Å². The van der Waals surface area contributed by atoms with Gasteiger partial charge in [-0.3, -0.25) is 14.4 Å². The summed E-state index contributed by atoms with van der Waals surface area (Å²) in [6.45, 7) is 6.43. The normalized spacial score (nSPS) is 20.4. The molecule has 4 rings (SSSR count). The lowest BCUT2D eigenvalue weighted by molar-refractivity contribution is 0.0342. The summed E-state index contributed by atoms with van der Waals surface area (Å²) >= 11 is 0. The van der Waals surface area contributed by atoms with E-state index < -0.39 is 0 Å². The van der Waals surface area contributed by atoms with Crippen LogP contribution < -0.4 is 10.6 Å². The highest BCUT2D eigenvalue weighted by Crippen LogP contribution is 2.17. The SMILES string of the molecule is Cl.O=C(Nc1ccc(CN2CCOCC2)cc1)c1ccn(C2CCCNC2)n1. The van der Waals surface area contributed by atoms with Gasteiger partial charge in [0, 0.05) is 38.1 Å². The third-order valence-electron chi connectivity index (χ3n) is 5.21. The molecule has 8 heteroatoms. The zero-order valence-electron chi connectivity index (χ0n) is 16.0. The molecule has 152 valence electrons. The van der Waals surface area contributed by atoms with Crippen LogP contribution in [0, 0.1) is 0 Å². The summed E-state index contributed by atoms with van der Waals surface area (Å²) in [6.07, 6.45) is 4.14. The van der Waals surface area contributed by atoms with Gasteiger partial charge >= 0.3 is 0 Å². The van der Waals surface area contributed by atoms with E-state index in [-0.39, 0.29) is 18.3 Å². The summed E-state index contributed by atoms with van der Waals surface area (Å²) in [6, 6.07) is 10.2. The van der Waals surface area contributed by atoms with Crippen molar-refractivity contribution in [2.45, 2.75) is 25.4 Å². The van der Waals surface area contributed by atoms with Crippen molar-refractivity contribution in [3.05, 3.63) is 47.8 Å². The number of benzene rings is 1. The van der Waals surface area contributed by atoms with Gasteiger partial charge in [0.2, 0.25) is 0 Å². The zero-order valence-corrected chi connectivity index (χ0v) is 16.8. The zero-order chi connectivity index (χ0) is 18.5. The fourth-order valence-corrected chi connectivity index (χ4v) is 3.63. The maximum absolute atomic E-state index is 12.5. The molecule has 2 fully saturated rings. The van der Waals surface area contributed by atoms with Crippen LogP contribution in [0.1, 0.15) is 34.9 Å². The molecule has 0 bridgehead atoms. The molecule has 0 saturated carbocycles. The first-order chi connectivity index (χ1) is 13.3. The first-order valence-electron chi connectivity index (χ1n) is 9.74. The Bertz CT molecular complexity index is 752. The summed E-state index contributed by atoms with van der Waals surface area (Å²) in [7, 11) is 0. The second-order valence-electron chi connectivity index (χ2n) is 7.22. The van der Waals surface area contributed by atoms with Crippen LogP contribution in [0.3, 0.4) is 0 Å². The number of ether oxygens (including phenoxy) is 1. The summed E-state index contributed by atoms with van der Waals surface area (Å²) in [5.74, 6) is -0.168. The van der Waals surface area contributed by atoms with Gasteiger partial charge in [0.05, 0.1) is 19.3 Å².